The molecular formula is C34H36FN3O4S. The normalized spacial score (nSPS) is 12.0. The van der Waals surface area contributed by atoms with Crippen LogP contribution in [0, 0.1) is 12.7 Å². The predicted molar refractivity (Wildman–Crippen MR) is 166 cm³/mol. The molecule has 0 aliphatic heterocycles. The first-order chi connectivity index (χ1) is 20.6. The van der Waals surface area contributed by atoms with Crippen molar-refractivity contribution in [3.63, 3.8) is 0 Å². The van der Waals surface area contributed by atoms with Crippen molar-refractivity contribution in [1.82, 2.24) is 10.2 Å². The van der Waals surface area contributed by atoms with Crippen LogP contribution in [0.25, 0.3) is 0 Å². The maximum atomic E-state index is 15.0. The van der Waals surface area contributed by atoms with Crippen molar-refractivity contribution in [3.05, 3.63) is 132 Å². The highest BCUT2D eigenvalue weighted by Crippen LogP contribution is 2.27. The molecule has 0 heterocycles. The third-order valence-electron chi connectivity index (χ3n) is 6.99. The standard InChI is InChI=1S/C34H36FN3O4S/c1-25(2)36-34(40)32(22-27-15-6-4-7-16-27)37(23-28-17-11-12-20-30(28)35)33(39)24-38(31-21-13-10-14-26(31)3)43(41,42)29-18-8-5-9-19-29/h4-21,25,32H,22-24H2,1-3H3,(H,36,40)/t32-/m0/s1. The molecule has 0 aliphatic rings. The Kier molecular flexibility index (Phi) is 10.3. The van der Waals surface area contributed by atoms with Crippen LogP contribution in [0.3, 0.4) is 0 Å². The van der Waals surface area contributed by atoms with Crippen LogP contribution in [0.1, 0.15) is 30.5 Å². The second-order valence-corrected chi connectivity index (χ2v) is 12.5. The van der Waals surface area contributed by atoms with Crippen LogP contribution in [-0.4, -0.2) is 43.8 Å². The number of rotatable bonds is 12. The van der Waals surface area contributed by atoms with Gasteiger partial charge >= 0.3 is 0 Å². The Morgan fingerprint density at radius 3 is 2.02 bits per heavy atom. The number of hydrogen-bond acceptors (Lipinski definition) is 4. The Morgan fingerprint density at radius 2 is 1.40 bits per heavy atom. The summed E-state index contributed by atoms with van der Waals surface area (Å²) < 4.78 is 44.0. The van der Waals surface area contributed by atoms with E-state index >= 15 is 0 Å². The maximum absolute atomic E-state index is 15.0. The molecule has 224 valence electrons. The first kappa shape index (κ1) is 31.4. The number of amides is 2. The molecule has 9 heteroatoms. The van der Waals surface area contributed by atoms with Gasteiger partial charge in [-0.25, -0.2) is 12.8 Å². The van der Waals surface area contributed by atoms with Crippen molar-refractivity contribution >= 4 is 27.5 Å². The zero-order valence-corrected chi connectivity index (χ0v) is 25.3. The molecule has 0 aromatic heterocycles. The van der Waals surface area contributed by atoms with E-state index < -0.39 is 40.2 Å². The number of halogens is 1. The van der Waals surface area contributed by atoms with Gasteiger partial charge in [-0.2, -0.15) is 0 Å². The number of benzene rings is 4. The number of nitrogens with zero attached hydrogens (tertiary/aromatic N) is 2. The van der Waals surface area contributed by atoms with Crippen LogP contribution in [0.2, 0.25) is 0 Å². The minimum Gasteiger partial charge on any atom is -0.352 e. The molecule has 0 unspecified atom stereocenters. The van der Waals surface area contributed by atoms with Crippen molar-refractivity contribution in [2.45, 2.75) is 50.7 Å². The van der Waals surface area contributed by atoms with Gasteiger partial charge in [0.25, 0.3) is 10.0 Å². The molecule has 4 aromatic rings. The lowest BCUT2D eigenvalue weighted by atomic mass is 10.0. The molecule has 7 nitrogen and oxygen atoms in total. The summed E-state index contributed by atoms with van der Waals surface area (Å²) in [4.78, 5) is 29.4. The highest BCUT2D eigenvalue weighted by atomic mass is 32.2. The fraction of sp³-hybridized carbons (Fsp3) is 0.235. The summed E-state index contributed by atoms with van der Waals surface area (Å²) in [6.45, 7) is 4.55. The van der Waals surface area contributed by atoms with E-state index in [0.29, 0.717) is 11.3 Å². The smallest absolute Gasteiger partial charge is 0.264 e. The predicted octanol–water partition coefficient (Wildman–Crippen LogP) is 5.49. The van der Waals surface area contributed by atoms with Gasteiger partial charge in [0.15, 0.2) is 0 Å². The number of nitrogens with one attached hydrogen (secondary N) is 1. The molecule has 0 saturated carbocycles. The Morgan fingerprint density at radius 1 is 0.814 bits per heavy atom. The first-order valence-electron chi connectivity index (χ1n) is 14.1. The SMILES string of the molecule is Cc1ccccc1N(CC(=O)N(Cc1ccccc1F)[C@@H](Cc1ccccc1)C(=O)NC(C)C)S(=O)(=O)c1ccccc1. The van der Waals surface area contributed by atoms with E-state index in [1.54, 1.807) is 67.6 Å². The van der Waals surface area contributed by atoms with Gasteiger partial charge in [0, 0.05) is 24.6 Å². The van der Waals surface area contributed by atoms with Gasteiger partial charge in [-0.15, -0.1) is 0 Å². The fourth-order valence-corrected chi connectivity index (χ4v) is 6.32. The third kappa shape index (κ3) is 7.87. The average Bonchev–Trinajstić information content (AvgIpc) is 2.99. The zero-order valence-electron chi connectivity index (χ0n) is 24.5. The van der Waals surface area contributed by atoms with Gasteiger partial charge in [0.1, 0.15) is 18.4 Å². The third-order valence-corrected chi connectivity index (χ3v) is 8.77. The lowest BCUT2D eigenvalue weighted by Gasteiger charge is -2.34. The van der Waals surface area contributed by atoms with E-state index in [1.165, 1.54) is 23.1 Å². The Hall–Kier alpha value is -4.50. The van der Waals surface area contributed by atoms with Crippen LogP contribution < -0.4 is 9.62 Å². The minimum absolute atomic E-state index is 0.0186. The van der Waals surface area contributed by atoms with Crippen molar-refractivity contribution in [1.29, 1.82) is 0 Å². The van der Waals surface area contributed by atoms with Gasteiger partial charge < -0.3 is 10.2 Å². The fourth-order valence-electron chi connectivity index (χ4n) is 4.82. The molecule has 0 spiro atoms. The Labute approximate surface area is 253 Å². The van der Waals surface area contributed by atoms with Crippen molar-refractivity contribution in [2.24, 2.45) is 0 Å². The Bertz CT molecular complexity index is 1650. The summed E-state index contributed by atoms with van der Waals surface area (Å²) in [6, 6.07) is 28.7. The lowest BCUT2D eigenvalue weighted by Crippen LogP contribution is -2.54. The summed E-state index contributed by atoms with van der Waals surface area (Å²) in [7, 11) is -4.20. The van der Waals surface area contributed by atoms with E-state index in [0.717, 1.165) is 9.87 Å². The zero-order chi connectivity index (χ0) is 31.0. The van der Waals surface area contributed by atoms with Gasteiger partial charge in [0.05, 0.1) is 10.6 Å². The second-order valence-electron chi connectivity index (χ2n) is 10.6. The van der Waals surface area contributed by atoms with Crippen molar-refractivity contribution < 1.29 is 22.4 Å². The molecule has 4 aromatic carbocycles. The van der Waals surface area contributed by atoms with Crippen molar-refractivity contribution in [2.75, 3.05) is 10.8 Å². The van der Waals surface area contributed by atoms with E-state index in [4.69, 9.17) is 0 Å². The quantitative estimate of drug-likeness (QED) is 0.233. The number of aryl methyl sites for hydroxylation is 1. The average molecular weight is 602 g/mol. The molecule has 1 N–H and O–H groups in total. The number of hydrogen-bond donors (Lipinski definition) is 1. The lowest BCUT2D eigenvalue weighted by molar-refractivity contribution is -0.140. The maximum Gasteiger partial charge on any atom is 0.264 e. The number of sulfonamides is 1. The minimum atomic E-state index is -4.20. The van der Waals surface area contributed by atoms with E-state index in [1.807, 2.05) is 44.2 Å². The first-order valence-corrected chi connectivity index (χ1v) is 15.5. The second kappa shape index (κ2) is 14.1. The molecule has 2 amide bonds. The van der Waals surface area contributed by atoms with Crippen LogP contribution in [0.15, 0.2) is 114 Å². The summed E-state index contributed by atoms with van der Waals surface area (Å²) in [5, 5.41) is 2.89. The van der Waals surface area contributed by atoms with E-state index in [-0.39, 0.29) is 29.5 Å². The molecule has 0 fully saturated rings. The molecule has 4 rings (SSSR count). The molecule has 1 atom stereocenters. The monoisotopic (exact) mass is 601 g/mol. The van der Waals surface area contributed by atoms with Crippen LogP contribution in [0.5, 0.6) is 0 Å². The molecular weight excluding hydrogens is 565 g/mol. The number of carbonyl (C=O) groups is 2. The highest BCUT2D eigenvalue weighted by molar-refractivity contribution is 7.92. The van der Waals surface area contributed by atoms with E-state index in [2.05, 4.69) is 5.32 Å². The van der Waals surface area contributed by atoms with Gasteiger partial charge in [-0.3, -0.25) is 13.9 Å². The summed E-state index contributed by atoms with van der Waals surface area (Å²) in [5.74, 6) is -1.60. The summed E-state index contributed by atoms with van der Waals surface area (Å²) in [5.41, 5.74) is 1.98. The summed E-state index contributed by atoms with van der Waals surface area (Å²) in [6.07, 6.45) is 0.148. The van der Waals surface area contributed by atoms with Crippen LogP contribution in [-0.2, 0) is 32.6 Å². The highest BCUT2D eigenvalue weighted by Gasteiger charge is 2.35. The molecule has 0 bridgehead atoms. The van der Waals surface area contributed by atoms with E-state index in [9.17, 15) is 22.4 Å². The molecule has 0 aliphatic carbocycles. The van der Waals surface area contributed by atoms with Crippen LogP contribution in [0.4, 0.5) is 10.1 Å². The molecule has 0 radical (unpaired) electrons. The van der Waals surface area contributed by atoms with Crippen molar-refractivity contribution in [3.8, 4) is 0 Å². The van der Waals surface area contributed by atoms with Crippen LogP contribution >= 0.6 is 0 Å². The van der Waals surface area contributed by atoms with Gasteiger partial charge in [-0.05, 0) is 56.2 Å². The topological polar surface area (TPSA) is 86.8 Å². The molecule has 0 saturated heterocycles. The Balaban J connectivity index is 1.82. The van der Waals surface area contributed by atoms with Gasteiger partial charge in [-0.1, -0.05) is 84.9 Å². The number of carbonyl (C=O) groups excluding carboxylic acids is 2. The largest absolute Gasteiger partial charge is 0.352 e. The number of para-hydroxylation sites is 1. The summed E-state index contributed by atoms with van der Waals surface area (Å²) >= 11 is 0. The molecule has 43 heavy (non-hydrogen) atoms. The van der Waals surface area contributed by atoms with Gasteiger partial charge in [0.2, 0.25) is 11.8 Å². The number of anilines is 1.